The van der Waals surface area contributed by atoms with Crippen LogP contribution in [0.2, 0.25) is 0 Å². The first-order valence-corrected chi connectivity index (χ1v) is 11.5. The van der Waals surface area contributed by atoms with Gasteiger partial charge in [-0.05, 0) is 72.8 Å². The Hall–Kier alpha value is -4.59. The Morgan fingerprint density at radius 1 is 0.297 bits per heavy atom. The first-order valence-electron chi connectivity index (χ1n) is 11.5. The average Bonchev–Trinajstić information content (AvgIpc) is 2.99. The second-order valence-corrected chi connectivity index (χ2v) is 7.66. The zero-order valence-electron chi connectivity index (χ0n) is 19.7. The monoisotopic (exact) mass is 525 g/mol. The minimum atomic E-state index is 0. The molecule has 0 aliphatic rings. The van der Waals surface area contributed by atoms with Gasteiger partial charge in [0.1, 0.15) is 0 Å². The van der Waals surface area contributed by atoms with Gasteiger partial charge < -0.3 is 0 Å². The Bertz CT molecular complexity index is 1280. The first-order chi connectivity index (χ1) is 17.9. The molecule has 7 heteroatoms. The van der Waals surface area contributed by atoms with Crippen molar-refractivity contribution in [2.24, 2.45) is 0 Å². The van der Waals surface area contributed by atoms with Gasteiger partial charge in [0, 0.05) is 65.1 Å². The van der Waals surface area contributed by atoms with Crippen LogP contribution in [-0.4, -0.2) is 29.9 Å². The van der Waals surface area contributed by atoms with Gasteiger partial charge in [-0.15, -0.1) is 0 Å². The Kier molecular flexibility index (Phi) is 8.90. The van der Waals surface area contributed by atoms with Crippen molar-refractivity contribution in [1.82, 2.24) is 29.9 Å². The Morgan fingerprint density at radius 3 is 0.946 bits per heavy atom. The smallest absolute Gasteiger partial charge is 0.0980 e. The van der Waals surface area contributed by atoms with Crippen molar-refractivity contribution in [3.8, 4) is 45.3 Å². The van der Waals surface area contributed by atoms with E-state index in [0.29, 0.717) is 0 Å². The summed E-state index contributed by atoms with van der Waals surface area (Å²) in [5.41, 5.74) is 7.25. The third-order valence-electron chi connectivity index (χ3n) is 5.31. The molecule has 6 rings (SSSR count). The van der Waals surface area contributed by atoms with E-state index in [0.717, 1.165) is 45.3 Å². The molecular weight excluding hydrogens is 503 g/mol. The van der Waals surface area contributed by atoms with Crippen LogP contribution in [0.5, 0.6) is 0 Å². The first kappa shape index (κ1) is 25.5. The predicted octanol–water partition coefficient (Wildman–Crippen LogP) is 6.41. The minimum absolute atomic E-state index is 0. The number of rotatable bonds is 4. The van der Waals surface area contributed by atoms with E-state index in [1.165, 1.54) is 0 Å². The van der Waals surface area contributed by atoms with Crippen LogP contribution in [0.25, 0.3) is 45.3 Å². The number of nitrogens with zero attached hydrogens (tertiary/aromatic N) is 6. The molecule has 0 bridgehead atoms. The van der Waals surface area contributed by atoms with Crippen molar-refractivity contribution in [3.63, 3.8) is 0 Å². The van der Waals surface area contributed by atoms with Gasteiger partial charge in [-0.25, -0.2) is 0 Å². The molecular formula is C30H22CoN6. The van der Waals surface area contributed by atoms with Crippen molar-refractivity contribution in [2.75, 3.05) is 0 Å². The molecule has 0 spiro atoms. The Labute approximate surface area is 225 Å². The second-order valence-electron chi connectivity index (χ2n) is 7.66. The molecule has 37 heavy (non-hydrogen) atoms. The molecule has 0 fully saturated rings. The maximum Gasteiger partial charge on any atom is 0.0980 e. The molecule has 0 aliphatic heterocycles. The van der Waals surface area contributed by atoms with Crippen LogP contribution in [0.15, 0.2) is 134 Å². The summed E-state index contributed by atoms with van der Waals surface area (Å²) in [6, 6.07) is 31.2. The van der Waals surface area contributed by atoms with Crippen molar-refractivity contribution >= 4 is 0 Å². The summed E-state index contributed by atoms with van der Waals surface area (Å²) >= 11 is 0. The summed E-state index contributed by atoms with van der Waals surface area (Å²) < 4.78 is 0. The molecule has 6 heterocycles. The molecule has 0 unspecified atom stereocenters. The average molecular weight is 525 g/mol. The molecule has 0 atom stereocenters. The Balaban J connectivity index is 0.000000168. The van der Waals surface area contributed by atoms with E-state index in [1.807, 2.05) is 97.1 Å². The third-order valence-corrected chi connectivity index (χ3v) is 5.31. The number of hydrogen-bond acceptors (Lipinski definition) is 6. The van der Waals surface area contributed by atoms with Gasteiger partial charge in [-0.3, -0.25) is 29.9 Å². The SMILES string of the molecule is [Co].c1ccc(-c2cccnc2-c2ccccn2)nc1.c1ccc(-c2cccnc2-c2ccccn2)nc1. The van der Waals surface area contributed by atoms with Crippen molar-refractivity contribution in [2.45, 2.75) is 0 Å². The zero-order valence-corrected chi connectivity index (χ0v) is 20.8. The summed E-state index contributed by atoms with van der Waals surface area (Å²) in [5, 5.41) is 0. The van der Waals surface area contributed by atoms with Crippen LogP contribution in [0.3, 0.4) is 0 Å². The fourth-order valence-electron chi connectivity index (χ4n) is 3.68. The van der Waals surface area contributed by atoms with Gasteiger partial charge in [-0.2, -0.15) is 0 Å². The largest absolute Gasteiger partial charge is 0.256 e. The van der Waals surface area contributed by atoms with Gasteiger partial charge >= 0.3 is 0 Å². The fraction of sp³-hybridized carbons (Fsp3) is 0. The van der Waals surface area contributed by atoms with Crippen LogP contribution in [0.4, 0.5) is 0 Å². The molecule has 0 N–H and O–H groups in total. The van der Waals surface area contributed by atoms with E-state index < -0.39 is 0 Å². The predicted molar refractivity (Wildman–Crippen MR) is 141 cm³/mol. The van der Waals surface area contributed by atoms with Gasteiger partial charge in [0.2, 0.25) is 0 Å². The molecule has 0 amide bonds. The van der Waals surface area contributed by atoms with Crippen LogP contribution in [0, 0.1) is 0 Å². The molecule has 0 aliphatic carbocycles. The quantitative estimate of drug-likeness (QED) is 0.265. The fourth-order valence-corrected chi connectivity index (χ4v) is 3.68. The summed E-state index contributed by atoms with van der Waals surface area (Å²) in [5.74, 6) is 0. The molecule has 0 saturated carbocycles. The van der Waals surface area contributed by atoms with Crippen LogP contribution in [-0.2, 0) is 16.8 Å². The molecule has 1 radical (unpaired) electrons. The summed E-state index contributed by atoms with van der Waals surface area (Å²) in [7, 11) is 0. The van der Waals surface area contributed by atoms with E-state index in [9.17, 15) is 0 Å². The zero-order chi connectivity index (χ0) is 24.4. The van der Waals surface area contributed by atoms with Crippen LogP contribution >= 0.6 is 0 Å². The van der Waals surface area contributed by atoms with Gasteiger partial charge in [0.15, 0.2) is 0 Å². The second kappa shape index (κ2) is 12.9. The van der Waals surface area contributed by atoms with Crippen molar-refractivity contribution in [1.29, 1.82) is 0 Å². The van der Waals surface area contributed by atoms with E-state index >= 15 is 0 Å². The summed E-state index contributed by atoms with van der Waals surface area (Å²) in [6.07, 6.45) is 10.7. The molecule has 6 nitrogen and oxygen atoms in total. The standard InChI is InChI=1S/2C15H11N3.Co/c2*1-3-9-16-13(7-1)12-6-5-11-18-15(12)14-8-2-4-10-17-14;/h2*1-11H;. The van der Waals surface area contributed by atoms with Gasteiger partial charge in [0.25, 0.3) is 0 Å². The van der Waals surface area contributed by atoms with E-state index in [2.05, 4.69) is 29.9 Å². The van der Waals surface area contributed by atoms with Crippen LogP contribution < -0.4 is 0 Å². The molecule has 181 valence electrons. The van der Waals surface area contributed by atoms with Gasteiger partial charge in [-0.1, -0.05) is 24.3 Å². The number of hydrogen-bond donors (Lipinski definition) is 0. The number of pyridine rings is 6. The van der Waals surface area contributed by atoms with E-state index in [4.69, 9.17) is 0 Å². The van der Waals surface area contributed by atoms with Crippen LogP contribution in [0.1, 0.15) is 0 Å². The van der Waals surface area contributed by atoms with Crippen molar-refractivity contribution < 1.29 is 16.8 Å². The topological polar surface area (TPSA) is 77.3 Å². The summed E-state index contributed by atoms with van der Waals surface area (Å²) in [4.78, 5) is 26.3. The Morgan fingerprint density at radius 2 is 0.622 bits per heavy atom. The molecule has 0 aromatic carbocycles. The maximum absolute atomic E-state index is 4.42. The maximum atomic E-state index is 4.42. The third kappa shape index (κ3) is 6.35. The number of aromatic nitrogens is 6. The normalized spacial score (nSPS) is 9.95. The minimum Gasteiger partial charge on any atom is -0.256 e. The van der Waals surface area contributed by atoms with E-state index in [-0.39, 0.29) is 16.8 Å². The summed E-state index contributed by atoms with van der Waals surface area (Å²) in [6.45, 7) is 0. The molecule has 6 aromatic heterocycles. The molecule has 6 aromatic rings. The van der Waals surface area contributed by atoms with E-state index in [1.54, 1.807) is 37.2 Å². The molecule has 0 saturated heterocycles. The van der Waals surface area contributed by atoms with Gasteiger partial charge in [0.05, 0.1) is 34.2 Å². The van der Waals surface area contributed by atoms with Crippen molar-refractivity contribution in [3.05, 3.63) is 134 Å².